The van der Waals surface area contributed by atoms with Gasteiger partial charge < -0.3 is 19.5 Å². The Bertz CT molecular complexity index is 911. The van der Waals surface area contributed by atoms with Gasteiger partial charge in [-0.05, 0) is 32.4 Å². The monoisotopic (exact) mass is 416 g/mol. The molecule has 0 spiro atoms. The zero-order valence-electron chi connectivity index (χ0n) is 17.8. The summed E-state index contributed by atoms with van der Waals surface area (Å²) < 4.78 is 17.3. The van der Waals surface area contributed by atoms with E-state index in [9.17, 15) is 9.59 Å². The Morgan fingerprint density at radius 2 is 2.07 bits per heavy atom. The van der Waals surface area contributed by atoms with E-state index >= 15 is 0 Å². The first-order valence-corrected chi connectivity index (χ1v) is 9.93. The SMILES string of the molecule is CCOC(=O)c1cnn(C)c1NC(=O)CN1CCCC1c1ccc(OC)cc1OC. The fourth-order valence-corrected chi connectivity index (χ4v) is 3.76. The Balaban J connectivity index is 1.73. The number of ether oxygens (including phenoxy) is 3. The lowest BCUT2D eigenvalue weighted by molar-refractivity contribution is -0.117. The van der Waals surface area contributed by atoms with Gasteiger partial charge >= 0.3 is 5.97 Å². The van der Waals surface area contributed by atoms with Crippen molar-refractivity contribution in [3.63, 3.8) is 0 Å². The van der Waals surface area contributed by atoms with Crippen molar-refractivity contribution >= 4 is 17.7 Å². The first kappa shape index (κ1) is 21.6. The third kappa shape index (κ3) is 4.56. The molecular weight excluding hydrogens is 388 g/mol. The van der Waals surface area contributed by atoms with E-state index in [4.69, 9.17) is 14.2 Å². The van der Waals surface area contributed by atoms with E-state index in [2.05, 4.69) is 15.3 Å². The highest BCUT2D eigenvalue weighted by molar-refractivity contribution is 6.00. The Morgan fingerprint density at radius 3 is 2.77 bits per heavy atom. The molecule has 1 aromatic carbocycles. The fraction of sp³-hybridized carbons (Fsp3) is 0.476. The van der Waals surface area contributed by atoms with Gasteiger partial charge in [0.05, 0.1) is 33.6 Å². The van der Waals surface area contributed by atoms with E-state index in [1.165, 1.54) is 10.9 Å². The number of nitrogens with one attached hydrogen (secondary N) is 1. The maximum Gasteiger partial charge on any atom is 0.343 e. The van der Waals surface area contributed by atoms with Crippen LogP contribution in [0.15, 0.2) is 24.4 Å². The van der Waals surface area contributed by atoms with Crippen LogP contribution in [-0.4, -0.2) is 60.5 Å². The van der Waals surface area contributed by atoms with Gasteiger partial charge in [-0.15, -0.1) is 0 Å². The third-order valence-electron chi connectivity index (χ3n) is 5.20. The molecule has 1 N–H and O–H groups in total. The van der Waals surface area contributed by atoms with Gasteiger partial charge in [-0.25, -0.2) is 4.79 Å². The average Bonchev–Trinajstić information content (AvgIpc) is 3.34. The van der Waals surface area contributed by atoms with Crippen LogP contribution in [0.1, 0.15) is 41.7 Å². The predicted octanol–water partition coefficient (Wildman–Crippen LogP) is 2.39. The van der Waals surface area contributed by atoms with Gasteiger partial charge in [-0.2, -0.15) is 5.10 Å². The van der Waals surface area contributed by atoms with Crippen molar-refractivity contribution in [3.05, 3.63) is 35.5 Å². The number of amides is 1. The maximum atomic E-state index is 12.8. The van der Waals surface area contributed by atoms with E-state index in [0.29, 0.717) is 5.82 Å². The largest absolute Gasteiger partial charge is 0.497 e. The highest BCUT2D eigenvalue weighted by atomic mass is 16.5. The molecule has 1 unspecified atom stereocenters. The number of carbonyl (C=O) groups is 2. The van der Waals surface area contributed by atoms with Crippen LogP contribution < -0.4 is 14.8 Å². The first-order chi connectivity index (χ1) is 14.5. The molecule has 1 aromatic heterocycles. The molecule has 1 aliphatic heterocycles. The highest BCUT2D eigenvalue weighted by Gasteiger charge is 2.30. The van der Waals surface area contributed by atoms with E-state index in [1.54, 1.807) is 28.2 Å². The molecule has 9 nitrogen and oxygen atoms in total. The van der Waals surface area contributed by atoms with Crippen LogP contribution in [0.2, 0.25) is 0 Å². The molecule has 3 rings (SSSR count). The molecule has 1 fully saturated rings. The van der Waals surface area contributed by atoms with Crippen LogP contribution in [0.25, 0.3) is 0 Å². The number of anilines is 1. The molecule has 162 valence electrons. The summed E-state index contributed by atoms with van der Waals surface area (Å²) >= 11 is 0. The summed E-state index contributed by atoms with van der Waals surface area (Å²) in [6, 6.07) is 5.80. The lowest BCUT2D eigenvalue weighted by atomic mass is 10.0. The molecule has 1 amide bonds. The summed E-state index contributed by atoms with van der Waals surface area (Å²) in [5.41, 5.74) is 1.26. The van der Waals surface area contributed by atoms with Crippen molar-refractivity contribution in [2.45, 2.75) is 25.8 Å². The van der Waals surface area contributed by atoms with Crippen LogP contribution in [0, 0.1) is 0 Å². The van der Waals surface area contributed by atoms with E-state index < -0.39 is 5.97 Å². The number of likely N-dealkylation sites (tertiary alicyclic amines) is 1. The van der Waals surface area contributed by atoms with Crippen LogP contribution in [0.4, 0.5) is 5.82 Å². The minimum Gasteiger partial charge on any atom is -0.497 e. The van der Waals surface area contributed by atoms with Crippen LogP contribution >= 0.6 is 0 Å². The number of carbonyl (C=O) groups excluding carboxylic acids is 2. The van der Waals surface area contributed by atoms with Gasteiger partial charge in [0.2, 0.25) is 5.91 Å². The standard InChI is InChI=1S/C21H28N4O5/c1-5-30-21(27)16-12-22-24(2)20(16)23-19(26)13-25-10-6-7-17(25)15-9-8-14(28-3)11-18(15)29-4/h8-9,11-12,17H,5-7,10,13H2,1-4H3,(H,23,26). The number of aryl methyl sites for hydroxylation is 1. The number of esters is 1. The van der Waals surface area contributed by atoms with Gasteiger partial charge in [0.1, 0.15) is 22.9 Å². The first-order valence-electron chi connectivity index (χ1n) is 9.93. The Morgan fingerprint density at radius 1 is 1.27 bits per heavy atom. The molecule has 0 aliphatic carbocycles. The van der Waals surface area contributed by atoms with Gasteiger partial charge in [0.25, 0.3) is 0 Å². The normalized spacial score (nSPS) is 16.3. The highest BCUT2D eigenvalue weighted by Crippen LogP contribution is 2.38. The second-order valence-electron chi connectivity index (χ2n) is 7.04. The van der Waals surface area contributed by atoms with E-state index in [0.717, 1.165) is 36.4 Å². The van der Waals surface area contributed by atoms with Crippen molar-refractivity contribution in [1.29, 1.82) is 0 Å². The predicted molar refractivity (Wildman–Crippen MR) is 111 cm³/mol. The van der Waals surface area contributed by atoms with Gasteiger partial charge in [0, 0.05) is 24.7 Å². The number of rotatable bonds is 8. The summed E-state index contributed by atoms with van der Waals surface area (Å²) in [5.74, 6) is 1.06. The van der Waals surface area contributed by atoms with Crippen LogP contribution in [-0.2, 0) is 16.6 Å². The summed E-state index contributed by atoms with van der Waals surface area (Å²) in [7, 11) is 4.91. The smallest absolute Gasteiger partial charge is 0.343 e. The number of benzene rings is 1. The van der Waals surface area contributed by atoms with Crippen LogP contribution in [0.3, 0.4) is 0 Å². The molecule has 2 heterocycles. The molecular formula is C21H28N4O5. The Labute approximate surface area is 175 Å². The summed E-state index contributed by atoms with van der Waals surface area (Å²) in [6.07, 6.45) is 3.30. The molecule has 2 aromatic rings. The molecule has 1 saturated heterocycles. The van der Waals surface area contributed by atoms with Crippen molar-refractivity contribution < 1.29 is 23.8 Å². The van der Waals surface area contributed by atoms with Gasteiger partial charge in [-0.1, -0.05) is 6.07 Å². The number of nitrogens with zero attached hydrogens (tertiary/aromatic N) is 3. The zero-order valence-corrected chi connectivity index (χ0v) is 17.8. The quantitative estimate of drug-likeness (QED) is 0.660. The molecule has 0 radical (unpaired) electrons. The Kier molecular flexibility index (Phi) is 6.94. The number of hydrogen-bond acceptors (Lipinski definition) is 7. The van der Waals surface area contributed by atoms with Crippen molar-refractivity contribution in [2.24, 2.45) is 7.05 Å². The summed E-state index contributed by atoms with van der Waals surface area (Å²) in [6.45, 7) is 2.96. The minimum atomic E-state index is -0.511. The molecule has 0 saturated carbocycles. The molecule has 1 aliphatic rings. The molecule has 0 bridgehead atoms. The molecule has 9 heteroatoms. The Hall–Kier alpha value is -3.07. The second kappa shape index (κ2) is 9.62. The summed E-state index contributed by atoms with van der Waals surface area (Å²) in [4.78, 5) is 27.0. The van der Waals surface area contributed by atoms with Gasteiger partial charge in [0.15, 0.2) is 0 Å². The average molecular weight is 416 g/mol. The van der Waals surface area contributed by atoms with Crippen molar-refractivity contribution in [2.75, 3.05) is 39.2 Å². The fourth-order valence-electron chi connectivity index (χ4n) is 3.76. The zero-order chi connectivity index (χ0) is 21.7. The van der Waals surface area contributed by atoms with E-state index in [-0.39, 0.29) is 30.7 Å². The van der Waals surface area contributed by atoms with E-state index in [1.807, 2.05) is 18.2 Å². The number of methoxy groups -OCH3 is 2. The van der Waals surface area contributed by atoms with Crippen molar-refractivity contribution in [3.8, 4) is 11.5 Å². The van der Waals surface area contributed by atoms with Crippen molar-refractivity contribution in [1.82, 2.24) is 14.7 Å². The topological polar surface area (TPSA) is 94.9 Å². The maximum absolute atomic E-state index is 12.8. The molecule has 1 atom stereocenters. The summed E-state index contributed by atoms with van der Waals surface area (Å²) in [5, 5.41) is 6.88. The third-order valence-corrected chi connectivity index (χ3v) is 5.20. The van der Waals surface area contributed by atoms with Crippen LogP contribution in [0.5, 0.6) is 11.5 Å². The number of aromatic nitrogens is 2. The molecule has 30 heavy (non-hydrogen) atoms. The number of hydrogen-bond donors (Lipinski definition) is 1. The second-order valence-corrected chi connectivity index (χ2v) is 7.04. The minimum absolute atomic E-state index is 0.0627. The van der Waals surface area contributed by atoms with Gasteiger partial charge in [-0.3, -0.25) is 14.4 Å². The lowest BCUT2D eigenvalue weighted by Crippen LogP contribution is -2.33. The lowest BCUT2D eigenvalue weighted by Gasteiger charge is -2.26.